The molecular weight excluding hydrogens is 218 g/mol. The number of nitrogens with zero attached hydrogens (tertiary/aromatic N) is 2. The summed E-state index contributed by atoms with van der Waals surface area (Å²) >= 11 is 3.04. The number of alkyl halides is 2. The molecule has 1 aromatic heterocycles. The van der Waals surface area contributed by atoms with Gasteiger partial charge < -0.3 is 4.57 Å². The first-order valence-corrected chi connectivity index (χ1v) is 4.00. The van der Waals surface area contributed by atoms with Crippen LogP contribution < -0.4 is 0 Å². The zero-order valence-electron chi connectivity index (χ0n) is 5.52. The van der Waals surface area contributed by atoms with E-state index in [1.807, 2.05) is 0 Å². The smallest absolute Gasteiger partial charge is 0.306 e. The molecule has 0 saturated heterocycles. The van der Waals surface area contributed by atoms with Crippen molar-refractivity contribution in [3.05, 3.63) is 16.6 Å². The molecule has 0 aliphatic carbocycles. The summed E-state index contributed by atoms with van der Waals surface area (Å²) in [6, 6.07) is 0. The second-order valence-electron chi connectivity index (χ2n) is 2.54. The van der Waals surface area contributed by atoms with Crippen molar-refractivity contribution in [2.75, 3.05) is 0 Å². The van der Waals surface area contributed by atoms with E-state index in [1.54, 1.807) is 6.20 Å². The maximum atomic E-state index is 12.8. The van der Waals surface area contributed by atoms with E-state index in [2.05, 4.69) is 20.9 Å². The lowest BCUT2D eigenvalue weighted by Crippen LogP contribution is -2.09. The number of halogens is 3. The number of fused-ring (bicyclic) bond motifs is 1. The Bertz CT molecular complexity index is 295. The van der Waals surface area contributed by atoms with E-state index in [1.165, 1.54) is 4.57 Å². The molecular formula is C6H5BrF2N2. The molecule has 2 rings (SSSR count). The first-order chi connectivity index (χ1) is 5.09. The van der Waals surface area contributed by atoms with Gasteiger partial charge in [-0.3, -0.25) is 0 Å². The van der Waals surface area contributed by atoms with Crippen molar-refractivity contribution in [2.45, 2.75) is 18.9 Å². The summed E-state index contributed by atoms with van der Waals surface area (Å²) in [6.07, 6.45) is 1.46. The molecule has 1 aliphatic heterocycles. The van der Waals surface area contributed by atoms with Crippen molar-refractivity contribution in [2.24, 2.45) is 0 Å². The van der Waals surface area contributed by atoms with Crippen LogP contribution in [-0.4, -0.2) is 9.55 Å². The summed E-state index contributed by atoms with van der Waals surface area (Å²) in [6.45, 7) is 0.362. The molecule has 0 bridgehead atoms. The fraction of sp³-hybridized carbons (Fsp3) is 0.500. The highest BCUT2D eigenvalue weighted by atomic mass is 79.9. The number of hydrogen-bond acceptors (Lipinski definition) is 1. The summed E-state index contributed by atoms with van der Waals surface area (Å²) in [4.78, 5) is 3.67. The minimum atomic E-state index is -2.73. The molecule has 0 atom stereocenters. The minimum absolute atomic E-state index is 0.121. The lowest BCUT2D eigenvalue weighted by Gasteiger charge is -2.03. The summed E-state index contributed by atoms with van der Waals surface area (Å²) in [5.41, 5.74) is 0. The van der Waals surface area contributed by atoms with E-state index in [9.17, 15) is 8.78 Å². The van der Waals surface area contributed by atoms with E-state index < -0.39 is 5.92 Å². The molecule has 0 fully saturated rings. The Morgan fingerprint density at radius 2 is 2.36 bits per heavy atom. The Hall–Kier alpha value is -0.450. The molecule has 0 saturated carbocycles. The van der Waals surface area contributed by atoms with Crippen LogP contribution in [0.15, 0.2) is 10.8 Å². The van der Waals surface area contributed by atoms with E-state index in [0.29, 0.717) is 11.1 Å². The van der Waals surface area contributed by atoms with Crippen LogP contribution in [0.3, 0.4) is 0 Å². The Morgan fingerprint density at radius 3 is 3.00 bits per heavy atom. The third-order valence-electron chi connectivity index (χ3n) is 1.74. The van der Waals surface area contributed by atoms with E-state index in [-0.39, 0.29) is 12.2 Å². The van der Waals surface area contributed by atoms with Crippen LogP contribution in [0.5, 0.6) is 0 Å². The number of aryl methyl sites for hydroxylation is 1. The van der Waals surface area contributed by atoms with Crippen LogP contribution in [0.25, 0.3) is 0 Å². The first-order valence-electron chi connectivity index (χ1n) is 3.20. The third-order valence-corrected chi connectivity index (χ3v) is 2.12. The average molecular weight is 223 g/mol. The maximum Gasteiger partial charge on any atom is 0.306 e. The molecule has 60 valence electrons. The van der Waals surface area contributed by atoms with E-state index >= 15 is 0 Å². The fourth-order valence-corrected chi connectivity index (χ4v) is 1.63. The largest absolute Gasteiger partial charge is 0.328 e. The monoisotopic (exact) mass is 222 g/mol. The third kappa shape index (κ3) is 0.982. The predicted molar refractivity (Wildman–Crippen MR) is 38.4 cm³/mol. The van der Waals surface area contributed by atoms with E-state index in [0.717, 1.165) is 0 Å². The van der Waals surface area contributed by atoms with Gasteiger partial charge in [0, 0.05) is 19.2 Å². The number of imidazole rings is 1. The molecule has 1 aliphatic rings. The summed E-state index contributed by atoms with van der Waals surface area (Å²) in [7, 11) is 0. The van der Waals surface area contributed by atoms with Crippen LogP contribution in [0.1, 0.15) is 12.2 Å². The molecule has 0 spiro atoms. The summed E-state index contributed by atoms with van der Waals surface area (Å²) < 4.78 is 27.6. The van der Waals surface area contributed by atoms with Crippen LogP contribution in [0, 0.1) is 0 Å². The quantitative estimate of drug-likeness (QED) is 0.658. The van der Waals surface area contributed by atoms with Gasteiger partial charge in [-0.2, -0.15) is 8.78 Å². The highest BCUT2D eigenvalue weighted by Gasteiger charge is 2.41. The molecule has 0 radical (unpaired) electrons. The highest BCUT2D eigenvalue weighted by Crippen LogP contribution is 2.37. The second-order valence-corrected chi connectivity index (χ2v) is 3.35. The van der Waals surface area contributed by atoms with Crippen molar-refractivity contribution >= 4 is 15.9 Å². The van der Waals surface area contributed by atoms with Crippen LogP contribution in [0.2, 0.25) is 0 Å². The van der Waals surface area contributed by atoms with Gasteiger partial charge in [-0.05, 0) is 15.9 Å². The molecule has 0 aromatic carbocycles. The van der Waals surface area contributed by atoms with Crippen molar-refractivity contribution < 1.29 is 8.78 Å². The lowest BCUT2D eigenvalue weighted by atomic mass is 10.3. The zero-order chi connectivity index (χ0) is 8.06. The fourth-order valence-electron chi connectivity index (χ4n) is 1.22. The van der Waals surface area contributed by atoms with Gasteiger partial charge in [-0.25, -0.2) is 4.98 Å². The molecule has 0 amide bonds. The minimum Gasteiger partial charge on any atom is -0.328 e. The van der Waals surface area contributed by atoms with Crippen LogP contribution in [0.4, 0.5) is 8.78 Å². The van der Waals surface area contributed by atoms with Gasteiger partial charge in [0.05, 0.1) is 0 Å². The Morgan fingerprint density at radius 1 is 1.64 bits per heavy atom. The molecule has 1 aromatic rings. The van der Waals surface area contributed by atoms with Crippen LogP contribution in [-0.2, 0) is 12.5 Å². The van der Waals surface area contributed by atoms with Gasteiger partial charge in [-0.15, -0.1) is 0 Å². The molecule has 0 N–H and O–H groups in total. The highest BCUT2D eigenvalue weighted by molar-refractivity contribution is 9.10. The van der Waals surface area contributed by atoms with Gasteiger partial charge in [0.15, 0.2) is 5.82 Å². The molecule has 2 heterocycles. The Balaban J connectivity index is 2.54. The lowest BCUT2D eigenvalue weighted by molar-refractivity contribution is -0.00634. The van der Waals surface area contributed by atoms with Crippen LogP contribution >= 0.6 is 15.9 Å². The SMILES string of the molecule is FC1(F)CCn2cc(Br)nc21. The van der Waals surface area contributed by atoms with Gasteiger partial charge in [0.1, 0.15) is 4.60 Å². The van der Waals surface area contributed by atoms with Gasteiger partial charge >= 0.3 is 5.92 Å². The standard InChI is InChI=1S/C6H5BrF2N2/c7-4-3-11-2-1-6(8,9)5(11)10-4/h3H,1-2H2. The topological polar surface area (TPSA) is 17.8 Å². The van der Waals surface area contributed by atoms with Gasteiger partial charge in [0.2, 0.25) is 0 Å². The zero-order valence-corrected chi connectivity index (χ0v) is 7.11. The normalized spacial score (nSPS) is 20.3. The van der Waals surface area contributed by atoms with Crippen molar-refractivity contribution in [1.29, 1.82) is 0 Å². The second kappa shape index (κ2) is 2.03. The van der Waals surface area contributed by atoms with Crippen molar-refractivity contribution in [1.82, 2.24) is 9.55 Å². The molecule has 11 heavy (non-hydrogen) atoms. The number of rotatable bonds is 0. The molecule has 5 heteroatoms. The first kappa shape index (κ1) is 7.21. The van der Waals surface area contributed by atoms with E-state index in [4.69, 9.17) is 0 Å². The summed E-state index contributed by atoms with van der Waals surface area (Å²) in [5.74, 6) is -2.85. The molecule has 0 unspecified atom stereocenters. The van der Waals surface area contributed by atoms with Gasteiger partial charge in [-0.1, -0.05) is 0 Å². The predicted octanol–water partition coefficient (Wildman–Crippen LogP) is 2.14. The van der Waals surface area contributed by atoms with Crippen molar-refractivity contribution in [3.8, 4) is 0 Å². The Labute approximate surface area is 70.4 Å². The van der Waals surface area contributed by atoms with Crippen molar-refractivity contribution in [3.63, 3.8) is 0 Å². The molecule has 2 nitrogen and oxygen atoms in total. The summed E-state index contributed by atoms with van der Waals surface area (Å²) in [5, 5.41) is 0. The maximum absolute atomic E-state index is 12.8. The average Bonchev–Trinajstić information content (AvgIpc) is 2.35. The number of aromatic nitrogens is 2. The number of hydrogen-bond donors (Lipinski definition) is 0. The van der Waals surface area contributed by atoms with Gasteiger partial charge in [0.25, 0.3) is 0 Å². The Kier molecular flexibility index (Phi) is 1.33.